The number of carbonyl (C=O) groups excluding carboxylic acids is 3. The van der Waals surface area contributed by atoms with E-state index in [1.165, 1.54) is 0 Å². The number of likely N-dealkylation sites (tertiary alicyclic amines) is 1. The van der Waals surface area contributed by atoms with Crippen molar-refractivity contribution in [2.24, 2.45) is 0 Å². The van der Waals surface area contributed by atoms with Gasteiger partial charge in [-0.3, -0.25) is 9.59 Å². The molecule has 1 saturated heterocycles. The van der Waals surface area contributed by atoms with E-state index in [9.17, 15) is 19.5 Å². The summed E-state index contributed by atoms with van der Waals surface area (Å²) in [5.41, 5.74) is 6.24. The van der Waals surface area contributed by atoms with Crippen LogP contribution in [0.5, 0.6) is 11.5 Å². The van der Waals surface area contributed by atoms with Crippen molar-refractivity contribution in [3.63, 3.8) is 0 Å². The Labute approximate surface area is 352 Å². The zero-order chi connectivity index (χ0) is 41.9. The van der Waals surface area contributed by atoms with Gasteiger partial charge in [0.2, 0.25) is 5.91 Å². The van der Waals surface area contributed by atoms with E-state index in [-0.39, 0.29) is 50.0 Å². The Hall–Kier alpha value is -5.97. The minimum Gasteiger partial charge on any atom is -0.497 e. The summed E-state index contributed by atoms with van der Waals surface area (Å²) in [7, 11) is 3.27. The number of nitrogens with one attached hydrogen (secondary N) is 1. The van der Waals surface area contributed by atoms with Crippen molar-refractivity contribution in [3.05, 3.63) is 155 Å². The molecule has 10 heteroatoms. The van der Waals surface area contributed by atoms with Gasteiger partial charge in [-0.2, -0.15) is 0 Å². The molecular weight excluding hydrogens is 757 g/mol. The number of rotatable bonds is 19. The monoisotopic (exact) mass is 810 g/mol. The largest absolute Gasteiger partial charge is 0.497 e. The van der Waals surface area contributed by atoms with Crippen LogP contribution >= 0.6 is 0 Å². The van der Waals surface area contributed by atoms with Gasteiger partial charge in [0.1, 0.15) is 23.7 Å². The molecule has 1 aliphatic heterocycles. The Morgan fingerprint density at radius 3 is 1.78 bits per heavy atom. The number of ketones is 1. The number of aliphatic hydroxyl groups is 1. The number of methoxy groups -OCH3 is 2. The van der Waals surface area contributed by atoms with Crippen molar-refractivity contribution in [1.29, 1.82) is 0 Å². The predicted molar refractivity (Wildman–Crippen MR) is 230 cm³/mol. The minimum atomic E-state index is -1.04. The zero-order valence-corrected chi connectivity index (χ0v) is 34.4. The number of aliphatic hydroxyl groups excluding tert-OH is 1. The summed E-state index contributed by atoms with van der Waals surface area (Å²) in [6.45, 7) is 0.556. The van der Waals surface area contributed by atoms with E-state index in [1.807, 2.05) is 103 Å². The molecule has 60 heavy (non-hydrogen) atoms. The highest BCUT2D eigenvalue weighted by molar-refractivity contribution is 5.84. The Kier molecular flexibility index (Phi) is 14.0. The number of ether oxygens (including phenoxy) is 4. The Morgan fingerprint density at radius 2 is 1.20 bits per heavy atom. The highest BCUT2D eigenvalue weighted by Gasteiger charge is 2.41. The van der Waals surface area contributed by atoms with E-state index in [0.29, 0.717) is 32.1 Å². The Balaban J connectivity index is 0.880. The minimum absolute atomic E-state index is 0.0253. The van der Waals surface area contributed by atoms with Crippen molar-refractivity contribution < 1.29 is 38.4 Å². The van der Waals surface area contributed by atoms with E-state index in [1.54, 1.807) is 19.1 Å². The second-order valence-corrected chi connectivity index (χ2v) is 15.5. The van der Waals surface area contributed by atoms with Crippen LogP contribution in [0.1, 0.15) is 78.7 Å². The number of fused-ring (bicyclic) bond motifs is 3. The number of carbonyl (C=O) groups is 3. The van der Waals surface area contributed by atoms with Gasteiger partial charge in [-0.15, -0.1) is 0 Å². The van der Waals surface area contributed by atoms with Crippen LogP contribution in [-0.2, 0) is 24.7 Å². The third kappa shape index (κ3) is 9.56. The quantitative estimate of drug-likeness (QED) is 0.0630. The van der Waals surface area contributed by atoms with Crippen molar-refractivity contribution in [2.75, 3.05) is 40.5 Å². The van der Waals surface area contributed by atoms with Crippen LogP contribution < -0.4 is 14.8 Å². The normalized spacial score (nSPS) is 15.9. The van der Waals surface area contributed by atoms with Crippen LogP contribution in [-0.4, -0.2) is 80.5 Å². The molecule has 0 bridgehead atoms. The van der Waals surface area contributed by atoms with Crippen LogP contribution in [0.3, 0.4) is 0 Å². The fourth-order valence-corrected chi connectivity index (χ4v) is 8.66. The predicted octanol–water partition coefficient (Wildman–Crippen LogP) is 8.42. The first-order valence-corrected chi connectivity index (χ1v) is 20.9. The summed E-state index contributed by atoms with van der Waals surface area (Å²) in [4.78, 5) is 40.6. The van der Waals surface area contributed by atoms with E-state index in [0.717, 1.165) is 63.3 Å². The van der Waals surface area contributed by atoms with Gasteiger partial charge in [0.25, 0.3) is 0 Å². The molecule has 2 N–H and O–H groups in total. The fraction of sp³-hybridized carbons (Fsp3) is 0.340. The Bertz CT molecular complexity index is 2120. The first kappa shape index (κ1) is 42.2. The second-order valence-electron chi connectivity index (χ2n) is 15.5. The number of benzene rings is 5. The van der Waals surface area contributed by atoms with Gasteiger partial charge >= 0.3 is 6.09 Å². The average molecular weight is 811 g/mol. The van der Waals surface area contributed by atoms with Gasteiger partial charge in [0.15, 0.2) is 5.78 Å². The van der Waals surface area contributed by atoms with Crippen LogP contribution in [0.25, 0.3) is 11.1 Å². The molecule has 312 valence electrons. The molecule has 1 unspecified atom stereocenters. The molecule has 2 atom stereocenters. The maximum absolute atomic E-state index is 13.7. The van der Waals surface area contributed by atoms with Crippen LogP contribution in [0.2, 0.25) is 0 Å². The van der Waals surface area contributed by atoms with E-state index < -0.39 is 17.8 Å². The molecule has 1 fully saturated rings. The number of hydrogen-bond acceptors (Lipinski definition) is 8. The van der Waals surface area contributed by atoms with Gasteiger partial charge in [-0.25, -0.2) is 4.79 Å². The van der Waals surface area contributed by atoms with Gasteiger partial charge < -0.3 is 34.3 Å². The van der Waals surface area contributed by atoms with E-state index in [4.69, 9.17) is 18.9 Å². The zero-order valence-electron chi connectivity index (χ0n) is 34.4. The van der Waals surface area contributed by atoms with Gasteiger partial charge in [-0.1, -0.05) is 116 Å². The third-order valence-corrected chi connectivity index (χ3v) is 11.7. The van der Waals surface area contributed by atoms with Crippen molar-refractivity contribution >= 4 is 17.8 Å². The molecule has 7 rings (SSSR count). The summed E-state index contributed by atoms with van der Waals surface area (Å²) >= 11 is 0. The van der Waals surface area contributed by atoms with E-state index in [2.05, 4.69) is 29.6 Å². The summed E-state index contributed by atoms with van der Waals surface area (Å²) in [5, 5.41) is 13.4. The Morgan fingerprint density at radius 1 is 0.667 bits per heavy atom. The molecule has 5 aromatic rings. The molecule has 10 nitrogen and oxygen atoms in total. The summed E-state index contributed by atoms with van der Waals surface area (Å²) < 4.78 is 23.6. The number of amides is 2. The number of nitrogens with zero attached hydrogens (tertiary/aromatic N) is 1. The number of Topliss-reactive ketones (excluding diaryl/α,β-unsaturated/α-hetero) is 1. The van der Waals surface area contributed by atoms with E-state index >= 15 is 0 Å². The lowest BCUT2D eigenvalue weighted by Gasteiger charge is -2.38. The molecule has 0 aromatic heterocycles. The smallest absolute Gasteiger partial charge is 0.407 e. The SMILES string of the molecule is COc1ccc(C(OC[C@@H]2CC(O)CN2C(=O)CCCCCCC(=O)CNC(=O)OCC2c3ccccc3-c3ccccc32)(c2ccccc2)c2ccc(OC)cc2)cc1. The van der Waals surface area contributed by atoms with Gasteiger partial charge in [0.05, 0.1) is 39.5 Å². The summed E-state index contributed by atoms with van der Waals surface area (Å²) in [6.07, 6.45) is 2.71. The highest BCUT2D eigenvalue weighted by atomic mass is 16.5. The molecule has 0 radical (unpaired) electrons. The van der Waals surface area contributed by atoms with Crippen LogP contribution in [0, 0.1) is 0 Å². The molecule has 2 amide bonds. The molecule has 1 heterocycles. The molecular formula is C50H54N2O8. The lowest BCUT2D eigenvalue weighted by Crippen LogP contribution is -2.42. The van der Waals surface area contributed by atoms with Gasteiger partial charge in [0, 0.05) is 25.3 Å². The maximum Gasteiger partial charge on any atom is 0.407 e. The third-order valence-electron chi connectivity index (χ3n) is 11.7. The average Bonchev–Trinajstić information content (AvgIpc) is 3.83. The van der Waals surface area contributed by atoms with Crippen LogP contribution in [0.4, 0.5) is 4.79 Å². The lowest BCUT2D eigenvalue weighted by atomic mass is 9.80. The fourth-order valence-electron chi connectivity index (χ4n) is 8.66. The molecule has 5 aromatic carbocycles. The number of alkyl carbamates (subject to hydrolysis) is 1. The number of β-amino-alcohol motifs (C(OH)–C–C–N with tert-alkyl or cyclic N) is 1. The molecule has 1 aliphatic carbocycles. The topological polar surface area (TPSA) is 124 Å². The highest BCUT2D eigenvalue weighted by Crippen LogP contribution is 2.45. The summed E-state index contributed by atoms with van der Waals surface area (Å²) in [5.74, 6) is 1.31. The maximum atomic E-state index is 13.7. The first-order valence-electron chi connectivity index (χ1n) is 20.9. The van der Waals surface area contributed by atoms with Crippen molar-refractivity contribution in [3.8, 4) is 22.6 Å². The second kappa shape index (κ2) is 19.9. The lowest BCUT2D eigenvalue weighted by molar-refractivity contribution is -0.134. The van der Waals surface area contributed by atoms with Crippen molar-refractivity contribution in [2.45, 2.75) is 68.6 Å². The number of hydrogen-bond donors (Lipinski definition) is 2. The summed E-state index contributed by atoms with van der Waals surface area (Å²) in [6, 6.07) is 41.6. The molecule has 0 spiro atoms. The van der Waals surface area contributed by atoms with Crippen LogP contribution in [0.15, 0.2) is 127 Å². The number of unbranched alkanes of at least 4 members (excludes halogenated alkanes) is 3. The standard InChI is InChI=1S/C50H54N2O8/c1-57-41-26-22-36(23-27-41)50(35-14-6-5-7-15-35,37-24-28-42(58-2)29-25-37)60-33-38-30-40(54)32-52(38)48(55)21-9-4-3-8-16-39(53)31-51-49(56)59-34-47-45-19-12-10-17-43(45)44-18-11-13-20-46(44)47/h5-7,10-15,17-20,22-29,38,40,47,54H,3-4,8-9,16,21,30-34H2,1-2H3,(H,51,56)/t38-,40?/m0/s1. The van der Waals surface area contributed by atoms with Gasteiger partial charge in [-0.05, 0) is 82.5 Å². The van der Waals surface area contributed by atoms with Crippen molar-refractivity contribution in [1.82, 2.24) is 10.2 Å². The first-order chi connectivity index (χ1) is 29.3. The molecule has 0 saturated carbocycles. The molecule has 2 aliphatic rings.